The molecule has 1 rings (SSSR count). The summed E-state index contributed by atoms with van der Waals surface area (Å²) in [7, 11) is 1.86. The van der Waals surface area contributed by atoms with Gasteiger partial charge in [0, 0.05) is 24.6 Å². The van der Waals surface area contributed by atoms with Crippen molar-refractivity contribution in [1.29, 1.82) is 0 Å². The summed E-state index contributed by atoms with van der Waals surface area (Å²) < 4.78 is 0. The number of carbonyl (C=O) groups excluding carboxylic acids is 1. The Morgan fingerprint density at radius 3 is 2.73 bits per heavy atom. The summed E-state index contributed by atoms with van der Waals surface area (Å²) >= 11 is 1.86. The zero-order valence-corrected chi connectivity index (χ0v) is 11.0. The van der Waals surface area contributed by atoms with Crippen molar-refractivity contribution in [2.24, 2.45) is 5.41 Å². The normalized spacial score (nSPS) is 24.1. The van der Waals surface area contributed by atoms with Crippen LogP contribution in [0.15, 0.2) is 0 Å². The fourth-order valence-electron chi connectivity index (χ4n) is 1.71. The number of rotatable bonds is 2. The van der Waals surface area contributed by atoms with Crippen LogP contribution >= 0.6 is 11.8 Å². The fraction of sp³-hybridized carbons (Fsp3) is 0.909. The highest BCUT2D eigenvalue weighted by molar-refractivity contribution is 7.99. The maximum absolute atomic E-state index is 12.1. The molecular formula is C11H22N2OS. The second-order valence-corrected chi connectivity index (χ2v) is 6.39. The number of likely N-dealkylation sites (N-methyl/N-ethyl adjacent to an activating group) is 1. The third-order valence-corrected chi connectivity index (χ3v) is 3.45. The van der Waals surface area contributed by atoms with E-state index in [0.29, 0.717) is 0 Å². The van der Waals surface area contributed by atoms with Crippen LogP contribution in [0.25, 0.3) is 0 Å². The van der Waals surface area contributed by atoms with Crippen molar-refractivity contribution in [3.8, 4) is 0 Å². The average molecular weight is 230 g/mol. The fourth-order valence-corrected chi connectivity index (χ4v) is 2.78. The molecule has 0 radical (unpaired) electrons. The summed E-state index contributed by atoms with van der Waals surface area (Å²) in [4.78, 5) is 14.1. The van der Waals surface area contributed by atoms with Gasteiger partial charge < -0.3 is 10.2 Å². The molecule has 0 bridgehead atoms. The second-order valence-electron chi connectivity index (χ2n) is 5.24. The number of thioether (sulfide) groups is 1. The van der Waals surface area contributed by atoms with Gasteiger partial charge in [-0.15, -0.1) is 0 Å². The maximum Gasteiger partial charge on any atom is 0.240 e. The van der Waals surface area contributed by atoms with Gasteiger partial charge in [0.15, 0.2) is 0 Å². The first-order valence-corrected chi connectivity index (χ1v) is 6.63. The van der Waals surface area contributed by atoms with E-state index in [9.17, 15) is 4.79 Å². The van der Waals surface area contributed by atoms with Crippen LogP contribution in [0.3, 0.4) is 0 Å². The molecule has 1 atom stereocenters. The molecular weight excluding hydrogens is 208 g/mol. The van der Waals surface area contributed by atoms with Gasteiger partial charge in [0.2, 0.25) is 5.91 Å². The Hall–Kier alpha value is -0.220. The van der Waals surface area contributed by atoms with Crippen molar-refractivity contribution in [2.45, 2.75) is 26.8 Å². The Morgan fingerprint density at radius 1 is 1.53 bits per heavy atom. The highest BCUT2D eigenvalue weighted by atomic mass is 32.2. The summed E-state index contributed by atoms with van der Waals surface area (Å²) in [5, 5.41) is 3.10. The zero-order chi connectivity index (χ0) is 11.5. The molecule has 1 aliphatic rings. The molecule has 4 heteroatoms. The SMILES string of the molecule is CNC1CSCCN(CC(C)(C)C)C1=O. The number of carbonyl (C=O) groups is 1. The Labute approximate surface area is 97.0 Å². The second kappa shape index (κ2) is 5.21. The highest BCUT2D eigenvalue weighted by Crippen LogP contribution is 2.19. The molecule has 15 heavy (non-hydrogen) atoms. The summed E-state index contributed by atoms with van der Waals surface area (Å²) in [5.41, 5.74) is 0.183. The van der Waals surface area contributed by atoms with Gasteiger partial charge in [-0.25, -0.2) is 0 Å². The standard InChI is InChI=1S/C11H22N2OS/c1-11(2,3)8-13-5-6-15-7-9(12-4)10(13)14/h9,12H,5-8H2,1-4H3. The summed E-state index contributed by atoms with van der Waals surface area (Å²) in [6.07, 6.45) is 0. The van der Waals surface area contributed by atoms with Crippen LogP contribution in [0.5, 0.6) is 0 Å². The molecule has 1 saturated heterocycles. The van der Waals surface area contributed by atoms with Gasteiger partial charge >= 0.3 is 0 Å². The number of hydrogen-bond acceptors (Lipinski definition) is 3. The first kappa shape index (κ1) is 12.8. The third kappa shape index (κ3) is 4.03. The van der Waals surface area contributed by atoms with Gasteiger partial charge in [-0.2, -0.15) is 11.8 Å². The van der Waals surface area contributed by atoms with E-state index in [-0.39, 0.29) is 17.4 Å². The van der Waals surface area contributed by atoms with Crippen molar-refractivity contribution in [1.82, 2.24) is 10.2 Å². The summed E-state index contributed by atoms with van der Waals surface area (Å²) in [6.45, 7) is 8.26. The van der Waals surface area contributed by atoms with Crippen LogP contribution in [-0.4, -0.2) is 48.5 Å². The lowest BCUT2D eigenvalue weighted by molar-refractivity contribution is -0.133. The number of nitrogens with one attached hydrogen (secondary N) is 1. The van der Waals surface area contributed by atoms with E-state index in [1.165, 1.54) is 0 Å². The minimum atomic E-state index is -0.000139. The quantitative estimate of drug-likeness (QED) is 0.773. The van der Waals surface area contributed by atoms with E-state index >= 15 is 0 Å². The average Bonchev–Trinajstić information content (AvgIpc) is 2.28. The van der Waals surface area contributed by atoms with Gasteiger partial charge in [0.25, 0.3) is 0 Å². The van der Waals surface area contributed by atoms with Gasteiger partial charge in [-0.3, -0.25) is 4.79 Å². The molecule has 1 heterocycles. The highest BCUT2D eigenvalue weighted by Gasteiger charge is 2.28. The molecule has 0 saturated carbocycles. The first-order chi connectivity index (χ1) is 6.94. The van der Waals surface area contributed by atoms with Crippen LogP contribution in [0, 0.1) is 5.41 Å². The van der Waals surface area contributed by atoms with E-state index in [1.54, 1.807) is 0 Å². The van der Waals surface area contributed by atoms with Crippen LogP contribution in [0.4, 0.5) is 0 Å². The molecule has 1 fully saturated rings. The summed E-state index contributed by atoms with van der Waals surface area (Å²) in [5.74, 6) is 2.22. The van der Waals surface area contributed by atoms with Crippen LogP contribution in [0.1, 0.15) is 20.8 Å². The molecule has 88 valence electrons. The van der Waals surface area contributed by atoms with Crippen LogP contribution in [0.2, 0.25) is 0 Å². The molecule has 1 amide bonds. The predicted molar refractivity (Wildman–Crippen MR) is 66.2 cm³/mol. The van der Waals surface area contributed by atoms with Crippen molar-refractivity contribution in [3.05, 3.63) is 0 Å². The molecule has 0 aromatic heterocycles. The van der Waals surface area contributed by atoms with E-state index in [2.05, 4.69) is 26.1 Å². The molecule has 0 aromatic rings. The molecule has 1 unspecified atom stereocenters. The van der Waals surface area contributed by atoms with E-state index in [4.69, 9.17) is 0 Å². The van der Waals surface area contributed by atoms with Gasteiger partial charge in [-0.05, 0) is 12.5 Å². The minimum absolute atomic E-state index is 0.000139. The van der Waals surface area contributed by atoms with E-state index in [1.807, 2.05) is 23.7 Å². The topological polar surface area (TPSA) is 32.3 Å². The lowest BCUT2D eigenvalue weighted by atomic mass is 9.96. The smallest absolute Gasteiger partial charge is 0.240 e. The number of hydrogen-bond donors (Lipinski definition) is 1. The molecule has 0 spiro atoms. The van der Waals surface area contributed by atoms with E-state index < -0.39 is 0 Å². The predicted octanol–water partition coefficient (Wildman–Crippen LogP) is 1.20. The Morgan fingerprint density at radius 2 is 2.20 bits per heavy atom. The van der Waals surface area contributed by atoms with Crippen molar-refractivity contribution < 1.29 is 4.79 Å². The van der Waals surface area contributed by atoms with Crippen molar-refractivity contribution in [3.63, 3.8) is 0 Å². The maximum atomic E-state index is 12.1. The van der Waals surface area contributed by atoms with E-state index in [0.717, 1.165) is 24.6 Å². The minimum Gasteiger partial charge on any atom is -0.340 e. The van der Waals surface area contributed by atoms with Crippen molar-refractivity contribution in [2.75, 3.05) is 31.6 Å². The lowest BCUT2D eigenvalue weighted by Gasteiger charge is -2.30. The largest absolute Gasteiger partial charge is 0.340 e. The summed E-state index contributed by atoms with van der Waals surface area (Å²) in [6, 6.07) is -0.000139. The molecule has 0 aromatic carbocycles. The van der Waals surface area contributed by atoms with Gasteiger partial charge in [0.05, 0.1) is 6.04 Å². The molecule has 3 nitrogen and oxygen atoms in total. The van der Waals surface area contributed by atoms with Crippen molar-refractivity contribution >= 4 is 17.7 Å². The zero-order valence-electron chi connectivity index (χ0n) is 10.2. The molecule has 1 aliphatic heterocycles. The van der Waals surface area contributed by atoms with Crippen LogP contribution < -0.4 is 5.32 Å². The van der Waals surface area contributed by atoms with Crippen LogP contribution in [-0.2, 0) is 4.79 Å². The first-order valence-electron chi connectivity index (χ1n) is 5.48. The lowest BCUT2D eigenvalue weighted by Crippen LogP contribution is -2.48. The Balaban J connectivity index is 2.65. The van der Waals surface area contributed by atoms with Gasteiger partial charge in [0.1, 0.15) is 0 Å². The Kier molecular flexibility index (Phi) is 4.46. The monoisotopic (exact) mass is 230 g/mol. The Bertz CT molecular complexity index is 225. The number of nitrogens with zero attached hydrogens (tertiary/aromatic N) is 1. The number of amides is 1. The van der Waals surface area contributed by atoms with Gasteiger partial charge in [-0.1, -0.05) is 20.8 Å². The third-order valence-electron chi connectivity index (χ3n) is 2.41. The molecule has 1 N–H and O–H groups in total. The molecule has 0 aliphatic carbocycles.